The molecule has 0 saturated heterocycles. The minimum atomic E-state index is 0.249. The second kappa shape index (κ2) is 5.13. The fraction of sp³-hybridized carbons (Fsp3) is 0.308. The summed E-state index contributed by atoms with van der Waals surface area (Å²) in [4.78, 5) is 0. The summed E-state index contributed by atoms with van der Waals surface area (Å²) < 4.78 is 16.8. The predicted molar refractivity (Wildman–Crippen MR) is 76.6 cm³/mol. The Hall–Kier alpha value is -1.69. The topological polar surface area (TPSA) is 70.5 Å². The molecule has 1 aromatic carbocycles. The molecule has 2 N–H and O–H groups in total. The summed E-state index contributed by atoms with van der Waals surface area (Å²) in [5, 5.41) is 3.71. The lowest BCUT2D eigenvalue weighted by Gasteiger charge is -2.18. The Labute approximate surface area is 119 Å². The molecule has 6 heteroatoms. The number of benzene rings is 1. The minimum absolute atomic E-state index is 0.249. The van der Waals surface area contributed by atoms with Gasteiger partial charge in [0.15, 0.2) is 11.5 Å². The molecule has 2 aromatic rings. The van der Waals surface area contributed by atoms with Crippen LogP contribution in [0.5, 0.6) is 11.5 Å². The van der Waals surface area contributed by atoms with Gasteiger partial charge in [0.2, 0.25) is 5.88 Å². The number of methoxy groups -OCH3 is 2. The number of hydrogen-bond donors (Lipinski definition) is 1. The van der Waals surface area contributed by atoms with Gasteiger partial charge in [-0.25, -0.2) is 0 Å². The van der Waals surface area contributed by atoms with Gasteiger partial charge in [0.25, 0.3) is 0 Å². The smallest absolute Gasteiger partial charge is 0.230 e. The molecule has 0 spiro atoms. The second-order valence-electron chi connectivity index (χ2n) is 4.11. The van der Waals surface area contributed by atoms with Crippen LogP contribution in [-0.4, -0.2) is 19.4 Å². The standard InChI is InChI=1S/C13H15BrN2O3/c1-6-9(8-5-16-19-13(8)15)12(18-4)11(17-3)7(2)10(6)14/h5H,15H2,1-4H3. The van der Waals surface area contributed by atoms with Crippen LogP contribution < -0.4 is 15.2 Å². The van der Waals surface area contributed by atoms with Crippen molar-refractivity contribution in [1.82, 2.24) is 5.16 Å². The second-order valence-corrected chi connectivity index (χ2v) is 4.90. The van der Waals surface area contributed by atoms with Crippen molar-refractivity contribution in [3.8, 4) is 22.6 Å². The first-order chi connectivity index (χ1) is 9.02. The zero-order valence-electron chi connectivity index (χ0n) is 11.2. The van der Waals surface area contributed by atoms with Crippen molar-refractivity contribution in [3.63, 3.8) is 0 Å². The molecule has 0 aliphatic rings. The fourth-order valence-corrected chi connectivity index (χ4v) is 2.52. The minimum Gasteiger partial charge on any atom is -0.493 e. The lowest BCUT2D eigenvalue weighted by molar-refractivity contribution is 0.353. The van der Waals surface area contributed by atoms with Crippen molar-refractivity contribution < 1.29 is 14.0 Å². The average molecular weight is 327 g/mol. The first-order valence-corrected chi connectivity index (χ1v) is 6.43. The van der Waals surface area contributed by atoms with E-state index in [1.165, 1.54) is 0 Å². The van der Waals surface area contributed by atoms with Gasteiger partial charge in [-0.05, 0) is 19.4 Å². The third-order valence-electron chi connectivity index (χ3n) is 3.08. The van der Waals surface area contributed by atoms with Crippen molar-refractivity contribution in [2.45, 2.75) is 13.8 Å². The summed E-state index contributed by atoms with van der Waals surface area (Å²) in [5.41, 5.74) is 9.27. The Bertz CT molecular complexity index is 623. The maximum Gasteiger partial charge on any atom is 0.230 e. The van der Waals surface area contributed by atoms with Crippen LogP contribution in [0.3, 0.4) is 0 Å². The molecule has 0 aliphatic heterocycles. The van der Waals surface area contributed by atoms with Gasteiger partial charge in [-0.15, -0.1) is 0 Å². The van der Waals surface area contributed by atoms with Crippen LogP contribution in [0, 0.1) is 13.8 Å². The summed E-state index contributed by atoms with van der Waals surface area (Å²) in [7, 11) is 3.20. The summed E-state index contributed by atoms with van der Waals surface area (Å²) in [5.74, 6) is 1.53. The van der Waals surface area contributed by atoms with Crippen LogP contribution >= 0.6 is 15.9 Å². The van der Waals surface area contributed by atoms with E-state index in [1.54, 1.807) is 20.4 Å². The van der Waals surface area contributed by atoms with E-state index in [9.17, 15) is 0 Å². The highest BCUT2D eigenvalue weighted by molar-refractivity contribution is 9.10. The van der Waals surface area contributed by atoms with E-state index in [1.807, 2.05) is 13.8 Å². The number of nitrogens with two attached hydrogens (primary N) is 1. The van der Waals surface area contributed by atoms with E-state index in [4.69, 9.17) is 19.7 Å². The normalized spacial score (nSPS) is 10.6. The van der Waals surface area contributed by atoms with Gasteiger partial charge in [0, 0.05) is 15.6 Å². The van der Waals surface area contributed by atoms with Gasteiger partial charge in [-0.1, -0.05) is 21.1 Å². The Morgan fingerprint density at radius 1 is 1.16 bits per heavy atom. The number of ether oxygens (including phenoxy) is 2. The fourth-order valence-electron chi connectivity index (χ4n) is 2.15. The van der Waals surface area contributed by atoms with Crippen molar-refractivity contribution in [2.24, 2.45) is 0 Å². The van der Waals surface area contributed by atoms with E-state index in [0.29, 0.717) is 17.1 Å². The predicted octanol–water partition coefficient (Wildman–Crippen LogP) is 3.32. The first kappa shape index (κ1) is 13.7. The van der Waals surface area contributed by atoms with Crippen molar-refractivity contribution in [2.75, 3.05) is 20.0 Å². The molecule has 0 bridgehead atoms. The van der Waals surface area contributed by atoms with Crippen LogP contribution in [0.25, 0.3) is 11.1 Å². The van der Waals surface area contributed by atoms with Gasteiger partial charge in [-0.3, -0.25) is 0 Å². The molecule has 0 atom stereocenters. The van der Waals surface area contributed by atoms with Crippen molar-refractivity contribution in [3.05, 3.63) is 21.8 Å². The molecule has 0 unspecified atom stereocenters. The zero-order chi connectivity index (χ0) is 14.2. The number of halogens is 1. The summed E-state index contributed by atoms with van der Waals surface area (Å²) in [6.07, 6.45) is 1.57. The Kier molecular flexibility index (Phi) is 3.71. The van der Waals surface area contributed by atoms with Gasteiger partial charge in [-0.2, -0.15) is 0 Å². The molecule has 5 nitrogen and oxygen atoms in total. The summed E-state index contributed by atoms with van der Waals surface area (Å²) in [6.45, 7) is 3.93. The molecule has 1 aromatic heterocycles. The molecule has 102 valence electrons. The van der Waals surface area contributed by atoms with Crippen LogP contribution in [-0.2, 0) is 0 Å². The molecule has 0 fully saturated rings. The molecule has 1 heterocycles. The maximum absolute atomic E-state index is 5.80. The molecule has 0 saturated carbocycles. The summed E-state index contributed by atoms with van der Waals surface area (Å²) >= 11 is 3.57. The van der Waals surface area contributed by atoms with E-state index >= 15 is 0 Å². The van der Waals surface area contributed by atoms with Gasteiger partial charge in [0.1, 0.15) is 0 Å². The number of nitrogen functional groups attached to an aromatic ring is 1. The van der Waals surface area contributed by atoms with E-state index < -0.39 is 0 Å². The lowest BCUT2D eigenvalue weighted by Crippen LogP contribution is -2.00. The first-order valence-electron chi connectivity index (χ1n) is 5.64. The highest BCUT2D eigenvalue weighted by Crippen LogP contribution is 2.47. The lowest BCUT2D eigenvalue weighted by atomic mass is 9.98. The molecular formula is C13H15BrN2O3. The molecular weight excluding hydrogens is 312 g/mol. The zero-order valence-corrected chi connectivity index (χ0v) is 12.8. The van der Waals surface area contributed by atoms with Crippen LogP contribution in [0.4, 0.5) is 5.88 Å². The number of nitrogens with zero attached hydrogens (tertiary/aromatic N) is 1. The highest BCUT2D eigenvalue weighted by atomic mass is 79.9. The third-order valence-corrected chi connectivity index (χ3v) is 4.27. The molecule has 0 radical (unpaired) electrons. The number of anilines is 1. The molecule has 19 heavy (non-hydrogen) atoms. The largest absolute Gasteiger partial charge is 0.493 e. The quantitative estimate of drug-likeness (QED) is 0.936. The van der Waals surface area contributed by atoms with Gasteiger partial charge >= 0.3 is 0 Å². The maximum atomic E-state index is 5.80. The Morgan fingerprint density at radius 2 is 1.79 bits per heavy atom. The van der Waals surface area contributed by atoms with Crippen molar-refractivity contribution in [1.29, 1.82) is 0 Å². The average Bonchev–Trinajstić information content (AvgIpc) is 2.81. The number of rotatable bonds is 3. The molecule has 2 rings (SSSR count). The molecule has 0 aliphatic carbocycles. The van der Waals surface area contributed by atoms with Crippen LogP contribution in [0.2, 0.25) is 0 Å². The van der Waals surface area contributed by atoms with E-state index in [0.717, 1.165) is 21.2 Å². The van der Waals surface area contributed by atoms with Crippen LogP contribution in [0.1, 0.15) is 11.1 Å². The third kappa shape index (κ3) is 2.06. The van der Waals surface area contributed by atoms with Gasteiger partial charge < -0.3 is 19.7 Å². The SMILES string of the molecule is COc1c(C)c(Br)c(C)c(-c2cnoc2N)c1OC. The molecule has 0 amide bonds. The van der Waals surface area contributed by atoms with E-state index in [-0.39, 0.29) is 5.88 Å². The summed E-state index contributed by atoms with van der Waals surface area (Å²) in [6, 6.07) is 0. The monoisotopic (exact) mass is 326 g/mol. The van der Waals surface area contributed by atoms with Crippen molar-refractivity contribution >= 4 is 21.8 Å². The van der Waals surface area contributed by atoms with Crippen LogP contribution in [0.15, 0.2) is 15.2 Å². The Morgan fingerprint density at radius 3 is 2.26 bits per heavy atom. The number of aromatic nitrogens is 1. The number of hydrogen-bond acceptors (Lipinski definition) is 5. The van der Waals surface area contributed by atoms with E-state index in [2.05, 4.69) is 21.1 Å². The highest BCUT2D eigenvalue weighted by Gasteiger charge is 2.23. The van der Waals surface area contributed by atoms with Gasteiger partial charge in [0.05, 0.1) is 26.0 Å². The Balaban J connectivity index is 2.87.